The maximum absolute atomic E-state index is 13.5. The monoisotopic (exact) mass is 503 g/mol. The molecule has 180 valence electrons. The van der Waals surface area contributed by atoms with Crippen LogP contribution in [0, 0.1) is 5.82 Å². The van der Waals surface area contributed by atoms with Gasteiger partial charge >= 0.3 is 0 Å². The molecule has 0 radical (unpaired) electrons. The number of ether oxygens (including phenoxy) is 1. The Kier molecular flexibility index (Phi) is 7.02. The first-order valence-electron chi connectivity index (χ1n) is 10.9. The Morgan fingerprint density at radius 3 is 2.26 bits per heavy atom. The lowest BCUT2D eigenvalue weighted by Crippen LogP contribution is -2.54. The third-order valence-corrected chi connectivity index (χ3v) is 7.44. The number of hydrogen-bond donors (Lipinski definition) is 2. The van der Waals surface area contributed by atoms with Crippen molar-refractivity contribution < 1.29 is 17.5 Å². The molecule has 34 heavy (non-hydrogen) atoms. The summed E-state index contributed by atoms with van der Waals surface area (Å²) in [4.78, 5) is 2.33. The van der Waals surface area contributed by atoms with Gasteiger partial charge in [0.1, 0.15) is 11.6 Å². The lowest BCUT2D eigenvalue weighted by molar-refractivity contribution is 0.406. The number of methoxy groups -OCH3 is 1. The SMILES string of the molecule is COc1ccc(N2CC(C)NC(C)C2)cc1NS(=O)(=O)c1ccc(-c2ccc(F)c(Cl)c2)cc1. The maximum atomic E-state index is 13.5. The van der Waals surface area contributed by atoms with E-state index < -0.39 is 15.8 Å². The first-order chi connectivity index (χ1) is 16.2. The van der Waals surface area contributed by atoms with E-state index in [0.29, 0.717) is 29.1 Å². The molecule has 1 aliphatic rings. The maximum Gasteiger partial charge on any atom is 0.262 e. The van der Waals surface area contributed by atoms with E-state index >= 15 is 0 Å². The minimum atomic E-state index is -3.88. The molecule has 1 aliphatic heterocycles. The topological polar surface area (TPSA) is 70.7 Å². The molecule has 9 heteroatoms. The van der Waals surface area contributed by atoms with Crippen LogP contribution in [0.5, 0.6) is 5.75 Å². The third-order valence-electron chi connectivity index (χ3n) is 5.77. The summed E-state index contributed by atoms with van der Waals surface area (Å²) >= 11 is 5.87. The van der Waals surface area contributed by atoms with E-state index in [9.17, 15) is 12.8 Å². The van der Waals surface area contributed by atoms with Crippen LogP contribution >= 0.6 is 11.6 Å². The Morgan fingerprint density at radius 1 is 1.00 bits per heavy atom. The summed E-state index contributed by atoms with van der Waals surface area (Å²) in [6.45, 7) is 5.88. The normalized spacial score (nSPS) is 18.6. The van der Waals surface area contributed by atoms with Gasteiger partial charge in [0.2, 0.25) is 0 Å². The molecular formula is C25H27ClFN3O3S. The fraction of sp³-hybridized carbons (Fsp3) is 0.280. The van der Waals surface area contributed by atoms with Crippen molar-refractivity contribution in [1.82, 2.24) is 5.32 Å². The van der Waals surface area contributed by atoms with Crippen LogP contribution in [0.4, 0.5) is 15.8 Å². The Bertz CT molecular complexity index is 1280. The summed E-state index contributed by atoms with van der Waals surface area (Å²) in [7, 11) is -2.37. The van der Waals surface area contributed by atoms with Crippen LogP contribution in [0.25, 0.3) is 11.1 Å². The zero-order valence-corrected chi connectivity index (χ0v) is 20.8. The van der Waals surface area contributed by atoms with E-state index in [4.69, 9.17) is 16.3 Å². The summed E-state index contributed by atoms with van der Waals surface area (Å²) in [6.07, 6.45) is 0. The Morgan fingerprint density at radius 2 is 1.65 bits per heavy atom. The van der Waals surface area contributed by atoms with Crippen molar-refractivity contribution >= 4 is 33.0 Å². The standard InChI is InChI=1S/C25H27ClFN3O3S/c1-16-14-30(15-17(2)28-16)20-7-11-25(33-3)24(13-20)29-34(31,32)21-8-4-18(5-9-21)19-6-10-23(27)22(26)12-19/h4-13,16-17,28-29H,14-15H2,1-3H3. The molecule has 2 unspecified atom stereocenters. The molecule has 1 heterocycles. The molecule has 2 atom stereocenters. The lowest BCUT2D eigenvalue weighted by atomic mass is 10.1. The van der Waals surface area contributed by atoms with Crippen LogP contribution in [0.3, 0.4) is 0 Å². The molecule has 2 N–H and O–H groups in total. The van der Waals surface area contributed by atoms with Crippen LogP contribution in [0.15, 0.2) is 65.6 Å². The molecule has 0 saturated carbocycles. The molecule has 0 bridgehead atoms. The highest BCUT2D eigenvalue weighted by atomic mass is 35.5. The van der Waals surface area contributed by atoms with Gasteiger partial charge in [0.25, 0.3) is 10.0 Å². The number of rotatable bonds is 6. The molecule has 6 nitrogen and oxygen atoms in total. The highest BCUT2D eigenvalue weighted by Gasteiger charge is 2.23. The number of piperazine rings is 1. The van der Waals surface area contributed by atoms with Gasteiger partial charge in [0.05, 0.1) is 22.7 Å². The lowest BCUT2D eigenvalue weighted by Gasteiger charge is -2.38. The Balaban J connectivity index is 1.59. The molecule has 4 rings (SSSR count). The average Bonchev–Trinajstić information content (AvgIpc) is 2.80. The Labute approximate surface area is 204 Å². The van der Waals surface area contributed by atoms with Gasteiger partial charge in [-0.25, -0.2) is 12.8 Å². The Hall–Kier alpha value is -2.81. The summed E-state index contributed by atoms with van der Waals surface area (Å²) < 4.78 is 47.8. The quantitative estimate of drug-likeness (QED) is 0.487. The second-order valence-corrected chi connectivity index (χ2v) is 10.6. The smallest absolute Gasteiger partial charge is 0.262 e. The molecule has 1 saturated heterocycles. The highest BCUT2D eigenvalue weighted by molar-refractivity contribution is 7.92. The minimum Gasteiger partial charge on any atom is -0.495 e. The first kappa shape index (κ1) is 24.3. The zero-order valence-electron chi connectivity index (χ0n) is 19.2. The van der Waals surface area contributed by atoms with E-state index in [2.05, 4.69) is 28.8 Å². The van der Waals surface area contributed by atoms with Crippen LogP contribution < -0.4 is 19.7 Å². The molecule has 3 aromatic rings. The van der Waals surface area contributed by atoms with Gasteiger partial charge in [0, 0.05) is 30.9 Å². The van der Waals surface area contributed by atoms with Gasteiger partial charge in [-0.2, -0.15) is 0 Å². The van der Waals surface area contributed by atoms with E-state index in [0.717, 1.165) is 24.3 Å². The van der Waals surface area contributed by atoms with Crippen LogP contribution in [-0.4, -0.2) is 40.7 Å². The third kappa shape index (κ3) is 5.29. The molecule has 0 amide bonds. The molecule has 0 aromatic heterocycles. The van der Waals surface area contributed by atoms with Crippen molar-refractivity contribution in [2.45, 2.75) is 30.8 Å². The van der Waals surface area contributed by atoms with Crippen LogP contribution in [0.2, 0.25) is 5.02 Å². The van der Waals surface area contributed by atoms with E-state index in [1.165, 1.54) is 31.4 Å². The van der Waals surface area contributed by atoms with Crippen LogP contribution in [0.1, 0.15) is 13.8 Å². The van der Waals surface area contributed by atoms with Gasteiger partial charge in [0.15, 0.2) is 0 Å². The molecule has 1 fully saturated rings. The van der Waals surface area contributed by atoms with Crippen molar-refractivity contribution in [1.29, 1.82) is 0 Å². The number of hydrogen-bond acceptors (Lipinski definition) is 5. The molecule has 0 aliphatic carbocycles. The number of benzene rings is 3. The van der Waals surface area contributed by atoms with Crippen molar-refractivity contribution in [2.24, 2.45) is 0 Å². The predicted octanol–water partition coefficient (Wildman–Crippen LogP) is 5.14. The summed E-state index contributed by atoms with van der Waals surface area (Å²) in [6, 6.07) is 16.9. The largest absolute Gasteiger partial charge is 0.495 e. The molecule has 0 spiro atoms. The van der Waals surface area contributed by atoms with Gasteiger partial charge in [-0.15, -0.1) is 0 Å². The van der Waals surface area contributed by atoms with Crippen LogP contribution in [-0.2, 0) is 10.0 Å². The zero-order chi connectivity index (χ0) is 24.5. The van der Waals surface area contributed by atoms with Gasteiger partial charge in [-0.1, -0.05) is 29.8 Å². The molecular weight excluding hydrogens is 477 g/mol. The van der Waals surface area contributed by atoms with Crippen molar-refractivity contribution in [2.75, 3.05) is 29.8 Å². The number of sulfonamides is 1. The number of nitrogens with zero attached hydrogens (tertiary/aromatic N) is 1. The fourth-order valence-electron chi connectivity index (χ4n) is 4.22. The van der Waals surface area contributed by atoms with Gasteiger partial charge in [-0.3, -0.25) is 4.72 Å². The van der Waals surface area contributed by atoms with Crippen molar-refractivity contribution in [3.05, 3.63) is 71.5 Å². The second-order valence-electron chi connectivity index (χ2n) is 8.52. The van der Waals surface area contributed by atoms with E-state index in [1.54, 1.807) is 30.3 Å². The fourth-order valence-corrected chi connectivity index (χ4v) is 5.46. The van der Waals surface area contributed by atoms with E-state index in [1.807, 2.05) is 6.07 Å². The highest BCUT2D eigenvalue weighted by Crippen LogP contribution is 2.33. The number of nitrogens with one attached hydrogen (secondary N) is 2. The first-order valence-corrected chi connectivity index (χ1v) is 12.8. The average molecular weight is 504 g/mol. The predicted molar refractivity (Wildman–Crippen MR) is 135 cm³/mol. The van der Waals surface area contributed by atoms with Crippen molar-refractivity contribution in [3.63, 3.8) is 0 Å². The second kappa shape index (κ2) is 9.82. The minimum absolute atomic E-state index is 0.0103. The molecule has 3 aromatic carbocycles. The van der Waals surface area contributed by atoms with Gasteiger partial charge in [-0.05, 0) is 67.4 Å². The number of anilines is 2. The van der Waals surface area contributed by atoms with Gasteiger partial charge < -0.3 is 15.0 Å². The number of halogens is 2. The van der Waals surface area contributed by atoms with E-state index in [-0.39, 0.29) is 9.92 Å². The van der Waals surface area contributed by atoms with Crippen molar-refractivity contribution in [3.8, 4) is 16.9 Å². The summed E-state index contributed by atoms with van der Waals surface area (Å²) in [5, 5.41) is 3.50. The summed E-state index contributed by atoms with van der Waals surface area (Å²) in [5.41, 5.74) is 2.70. The summed E-state index contributed by atoms with van der Waals surface area (Å²) in [5.74, 6) is -0.0733.